The van der Waals surface area contributed by atoms with E-state index >= 15 is 0 Å². The fraction of sp³-hybridized carbons (Fsp3) is 0.300. The Morgan fingerprint density at radius 1 is 1.43 bits per heavy atom. The largest absolute Gasteiger partial charge is 0.493 e. The first-order chi connectivity index (χ1) is 6.72. The van der Waals surface area contributed by atoms with Gasteiger partial charge in [0.2, 0.25) is 5.91 Å². The summed E-state index contributed by atoms with van der Waals surface area (Å²) in [5.41, 5.74) is 0. The van der Waals surface area contributed by atoms with E-state index in [-0.39, 0.29) is 5.91 Å². The Kier molecular flexibility index (Phi) is 4.41. The Hall–Kier alpha value is -1.08. The maximum atomic E-state index is 10.9. The molecule has 0 saturated heterocycles. The number of rotatable bonds is 4. The summed E-state index contributed by atoms with van der Waals surface area (Å²) < 4.78 is 5.36. The molecule has 76 valence electrons. The summed E-state index contributed by atoms with van der Waals surface area (Å²) in [5.74, 6) is 0.785. The van der Waals surface area contributed by atoms with E-state index in [0.29, 0.717) is 13.0 Å². The highest BCUT2D eigenvalue weighted by molar-refractivity contribution is 7.27. The van der Waals surface area contributed by atoms with Crippen molar-refractivity contribution in [2.45, 2.75) is 6.42 Å². The molecule has 1 aromatic rings. The lowest BCUT2D eigenvalue weighted by Gasteiger charge is -2.05. The summed E-state index contributed by atoms with van der Waals surface area (Å²) in [6.07, 6.45) is 0.388. The Balaban J connectivity index is 2.31. The van der Waals surface area contributed by atoms with Gasteiger partial charge in [0.15, 0.2) is 0 Å². The number of carbonyl (C=O) groups is 1. The van der Waals surface area contributed by atoms with Crippen molar-refractivity contribution in [2.24, 2.45) is 0 Å². The van der Waals surface area contributed by atoms with Gasteiger partial charge in [-0.05, 0) is 17.4 Å². The molecular formula is C10H14NO2P. The van der Waals surface area contributed by atoms with Crippen LogP contribution in [0.15, 0.2) is 24.3 Å². The van der Waals surface area contributed by atoms with E-state index in [0.717, 1.165) is 11.1 Å². The van der Waals surface area contributed by atoms with Gasteiger partial charge in [-0.25, -0.2) is 0 Å². The molecular weight excluding hydrogens is 197 g/mol. The standard InChI is InChI=1S/C10H14NO2P/c1-11-10(12)6-7-13-8-2-4-9(14)5-3-8/h2-5H,6-7,14H2,1H3,(H,11,12). The van der Waals surface area contributed by atoms with Gasteiger partial charge in [0.1, 0.15) is 5.75 Å². The lowest BCUT2D eigenvalue weighted by Crippen LogP contribution is -2.20. The lowest BCUT2D eigenvalue weighted by molar-refractivity contribution is -0.121. The van der Waals surface area contributed by atoms with Crippen molar-refractivity contribution < 1.29 is 9.53 Å². The second kappa shape index (κ2) is 5.61. The number of carbonyl (C=O) groups excluding carboxylic acids is 1. The molecule has 3 nitrogen and oxygen atoms in total. The van der Waals surface area contributed by atoms with Crippen LogP contribution in [0, 0.1) is 0 Å². The topological polar surface area (TPSA) is 38.3 Å². The zero-order chi connectivity index (χ0) is 10.4. The molecule has 0 aliphatic carbocycles. The molecule has 14 heavy (non-hydrogen) atoms. The minimum absolute atomic E-state index is 0.00679. The maximum absolute atomic E-state index is 10.9. The number of amides is 1. The SMILES string of the molecule is CNC(=O)CCOc1ccc(P)cc1. The first-order valence-electron chi connectivity index (χ1n) is 4.41. The highest BCUT2D eigenvalue weighted by Gasteiger charge is 1.98. The number of hydrogen-bond donors (Lipinski definition) is 1. The average Bonchev–Trinajstić information content (AvgIpc) is 2.21. The monoisotopic (exact) mass is 211 g/mol. The number of nitrogens with one attached hydrogen (secondary N) is 1. The highest BCUT2D eigenvalue weighted by atomic mass is 31.0. The molecule has 0 aliphatic rings. The summed E-state index contributed by atoms with van der Waals surface area (Å²) in [7, 11) is 4.22. The second-order valence-corrected chi connectivity index (χ2v) is 3.51. The van der Waals surface area contributed by atoms with Crippen molar-refractivity contribution in [2.75, 3.05) is 13.7 Å². The first kappa shape index (κ1) is 11.0. The van der Waals surface area contributed by atoms with E-state index in [1.807, 2.05) is 24.3 Å². The molecule has 0 radical (unpaired) electrons. The number of benzene rings is 1. The molecule has 1 N–H and O–H groups in total. The Bertz CT molecular complexity index is 297. The molecule has 0 fully saturated rings. The van der Waals surface area contributed by atoms with Crippen molar-refractivity contribution in [1.29, 1.82) is 0 Å². The zero-order valence-electron chi connectivity index (χ0n) is 8.12. The quantitative estimate of drug-likeness (QED) is 0.744. The van der Waals surface area contributed by atoms with Crippen LogP contribution in [0.25, 0.3) is 0 Å². The first-order valence-corrected chi connectivity index (χ1v) is 4.99. The van der Waals surface area contributed by atoms with Gasteiger partial charge in [0, 0.05) is 7.05 Å². The summed E-state index contributed by atoms with van der Waals surface area (Å²) in [6, 6.07) is 7.65. The van der Waals surface area contributed by atoms with Crippen LogP contribution in [0.1, 0.15) is 6.42 Å². The Morgan fingerprint density at radius 3 is 2.64 bits per heavy atom. The number of ether oxygens (including phenoxy) is 1. The van der Waals surface area contributed by atoms with Gasteiger partial charge in [-0.2, -0.15) is 0 Å². The van der Waals surface area contributed by atoms with Gasteiger partial charge in [0.05, 0.1) is 13.0 Å². The summed E-state index contributed by atoms with van der Waals surface area (Å²) >= 11 is 0. The molecule has 0 aliphatic heterocycles. The predicted octanol–water partition coefficient (Wildman–Crippen LogP) is 0.702. The fourth-order valence-corrected chi connectivity index (χ4v) is 1.14. The molecule has 0 heterocycles. The molecule has 0 aromatic heterocycles. The van der Waals surface area contributed by atoms with Crippen LogP contribution in [-0.4, -0.2) is 19.6 Å². The number of hydrogen-bond acceptors (Lipinski definition) is 2. The third-order valence-corrected chi connectivity index (χ3v) is 2.14. The zero-order valence-corrected chi connectivity index (χ0v) is 9.27. The van der Waals surface area contributed by atoms with Gasteiger partial charge >= 0.3 is 0 Å². The van der Waals surface area contributed by atoms with Crippen molar-refractivity contribution in [1.82, 2.24) is 5.32 Å². The average molecular weight is 211 g/mol. The van der Waals surface area contributed by atoms with Gasteiger partial charge in [-0.3, -0.25) is 4.79 Å². The molecule has 0 bridgehead atoms. The van der Waals surface area contributed by atoms with Crippen molar-refractivity contribution in [3.05, 3.63) is 24.3 Å². The van der Waals surface area contributed by atoms with Gasteiger partial charge < -0.3 is 10.1 Å². The van der Waals surface area contributed by atoms with Gasteiger partial charge in [-0.1, -0.05) is 12.1 Å². The van der Waals surface area contributed by atoms with E-state index in [9.17, 15) is 4.79 Å². The fourth-order valence-electron chi connectivity index (χ4n) is 0.951. The Morgan fingerprint density at radius 2 is 2.07 bits per heavy atom. The van der Waals surface area contributed by atoms with Crippen molar-refractivity contribution in [3.8, 4) is 5.75 Å². The maximum Gasteiger partial charge on any atom is 0.223 e. The smallest absolute Gasteiger partial charge is 0.223 e. The lowest BCUT2D eigenvalue weighted by atomic mass is 10.3. The predicted molar refractivity (Wildman–Crippen MR) is 60.0 cm³/mol. The molecule has 1 rings (SSSR count). The summed E-state index contributed by atoms with van der Waals surface area (Å²) in [5, 5.41) is 3.65. The summed E-state index contributed by atoms with van der Waals surface area (Å²) in [6.45, 7) is 0.413. The molecule has 0 saturated carbocycles. The third kappa shape index (κ3) is 3.75. The van der Waals surface area contributed by atoms with Crippen molar-refractivity contribution >= 4 is 20.5 Å². The molecule has 1 atom stereocenters. The van der Waals surface area contributed by atoms with E-state index in [1.54, 1.807) is 7.05 Å². The molecule has 1 unspecified atom stereocenters. The normalized spacial score (nSPS) is 9.57. The minimum atomic E-state index is -0.00679. The van der Waals surface area contributed by atoms with Crippen LogP contribution < -0.4 is 15.4 Å². The van der Waals surface area contributed by atoms with E-state index in [2.05, 4.69) is 14.6 Å². The van der Waals surface area contributed by atoms with Crippen LogP contribution >= 0.6 is 9.24 Å². The van der Waals surface area contributed by atoms with Crippen molar-refractivity contribution in [3.63, 3.8) is 0 Å². The van der Waals surface area contributed by atoms with Gasteiger partial charge in [-0.15, -0.1) is 9.24 Å². The molecule has 1 aromatic carbocycles. The van der Waals surface area contributed by atoms with Gasteiger partial charge in [0.25, 0.3) is 0 Å². The molecule has 0 spiro atoms. The van der Waals surface area contributed by atoms with Crippen LogP contribution in [0.5, 0.6) is 5.75 Å². The highest BCUT2D eigenvalue weighted by Crippen LogP contribution is 2.08. The van der Waals surface area contributed by atoms with E-state index in [4.69, 9.17) is 4.74 Å². The third-order valence-electron chi connectivity index (χ3n) is 1.76. The van der Waals surface area contributed by atoms with Crippen LogP contribution in [0.4, 0.5) is 0 Å². The molecule has 1 amide bonds. The van der Waals surface area contributed by atoms with E-state index < -0.39 is 0 Å². The minimum Gasteiger partial charge on any atom is -0.493 e. The van der Waals surface area contributed by atoms with Crippen LogP contribution in [-0.2, 0) is 4.79 Å². The molecule has 4 heteroatoms. The van der Waals surface area contributed by atoms with E-state index in [1.165, 1.54) is 0 Å². The van der Waals surface area contributed by atoms with Crippen LogP contribution in [0.3, 0.4) is 0 Å². The van der Waals surface area contributed by atoms with Crippen LogP contribution in [0.2, 0.25) is 0 Å². The Labute approximate surface area is 86.0 Å². The summed E-state index contributed by atoms with van der Waals surface area (Å²) in [4.78, 5) is 10.9. The second-order valence-electron chi connectivity index (χ2n) is 2.84.